The van der Waals surface area contributed by atoms with E-state index in [1.54, 1.807) is 59.5 Å². The number of carbonyl (C=O) groups is 2. The smallest absolute Gasteiger partial charge is 0.257 e. The van der Waals surface area contributed by atoms with Gasteiger partial charge < -0.3 is 15.4 Å². The number of ether oxygens (including phenoxy) is 1. The van der Waals surface area contributed by atoms with Crippen molar-refractivity contribution in [2.45, 2.75) is 6.92 Å². The molecule has 0 bridgehead atoms. The molecule has 0 aliphatic carbocycles. The molecule has 8 heteroatoms. The van der Waals surface area contributed by atoms with Gasteiger partial charge in [-0.15, -0.1) is 0 Å². The van der Waals surface area contributed by atoms with Crippen molar-refractivity contribution in [3.8, 4) is 11.6 Å². The quantitative estimate of drug-likeness (QED) is 0.668. The van der Waals surface area contributed by atoms with Crippen LogP contribution in [0.4, 0.5) is 5.69 Å². The first-order valence-electron chi connectivity index (χ1n) is 8.42. The topological polar surface area (TPSA) is 98.1 Å². The molecule has 2 aromatic heterocycles. The summed E-state index contributed by atoms with van der Waals surface area (Å²) >= 11 is 0. The first-order chi connectivity index (χ1) is 13.2. The van der Waals surface area contributed by atoms with Crippen LogP contribution in [0.3, 0.4) is 0 Å². The molecule has 1 aromatic carbocycles. The molecule has 0 unspecified atom stereocenters. The summed E-state index contributed by atoms with van der Waals surface area (Å²) in [5.41, 5.74) is 1.05. The van der Waals surface area contributed by atoms with Crippen molar-refractivity contribution in [1.29, 1.82) is 0 Å². The van der Waals surface area contributed by atoms with Gasteiger partial charge in [-0.3, -0.25) is 9.59 Å². The van der Waals surface area contributed by atoms with E-state index in [9.17, 15) is 9.59 Å². The Bertz CT molecular complexity index is 890. The fourth-order valence-corrected chi connectivity index (χ4v) is 2.30. The van der Waals surface area contributed by atoms with Gasteiger partial charge in [0.1, 0.15) is 5.75 Å². The van der Waals surface area contributed by atoms with Crippen LogP contribution in [0.15, 0.2) is 61.1 Å². The van der Waals surface area contributed by atoms with Crippen LogP contribution in [-0.4, -0.2) is 39.7 Å². The second-order valence-electron chi connectivity index (χ2n) is 5.58. The molecule has 0 spiro atoms. The fraction of sp³-hybridized carbons (Fsp3) is 0.158. The molecule has 0 aliphatic rings. The zero-order chi connectivity index (χ0) is 19.1. The van der Waals surface area contributed by atoms with Crippen molar-refractivity contribution in [1.82, 2.24) is 20.1 Å². The molecule has 27 heavy (non-hydrogen) atoms. The molecular weight excluding hydrogens is 346 g/mol. The average molecular weight is 365 g/mol. The third kappa shape index (κ3) is 4.91. The number of rotatable bonds is 7. The minimum absolute atomic E-state index is 0.0478. The highest BCUT2D eigenvalue weighted by Crippen LogP contribution is 2.16. The number of carbonyl (C=O) groups excluding carboxylic acids is 2. The van der Waals surface area contributed by atoms with Gasteiger partial charge in [0.2, 0.25) is 0 Å². The van der Waals surface area contributed by atoms with Crippen LogP contribution in [-0.2, 0) is 4.79 Å². The lowest BCUT2D eigenvalue weighted by Gasteiger charge is -2.08. The van der Waals surface area contributed by atoms with E-state index in [4.69, 9.17) is 4.74 Å². The Morgan fingerprint density at radius 2 is 1.96 bits per heavy atom. The van der Waals surface area contributed by atoms with Crippen LogP contribution in [0.25, 0.3) is 5.82 Å². The molecule has 0 aliphatic heterocycles. The van der Waals surface area contributed by atoms with E-state index in [2.05, 4.69) is 20.7 Å². The lowest BCUT2D eigenvalue weighted by Crippen LogP contribution is -2.28. The first-order valence-corrected chi connectivity index (χ1v) is 8.42. The van der Waals surface area contributed by atoms with Crippen molar-refractivity contribution in [3.05, 3.63) is 66.6 Å². The standard InChI is InChI=1S/C19H19N5O3/c1-2-20-18(25)13-27-16-7-5-15(6-8-16)23-19(26)14-4-9-17(21-12-14)24-11-3-10-22-24/h3-12H,2,13H2,1H3,(H,20,25)(H,23,26). The molecule has 3 aromatic rings. The number of nitrogens with one attached hydrogen (secondary N) is 2. The van der Waals surface area contributed by atoms with Gasteiger partial charge in [0.25, 0.3) is 11.8 Å². The fourth-order valence-electron chi connectivity index (χ4n) is 2.30. The van der Waals surface area contributed by atoms with Crippen molar-refractivity contribution in [2.75, 3.05) is 18.5 Å². The molecule has 138 valence electrons. The maximum absolute atomic E-state index is 12.3. The summed E-state index contributed by atoms with van der Waals surface area (Å²) in [5.74, 6) is 0.723. The van der Waals surface area contributed by atoms with Crippen molar-refractivity contribution < 1.29 is 14.3 Å². The highest BCUT2D eigenvalue weighted by Gasteiger charge is 2.08. The Labute approximate surface area is 156 Å². The van der Waals surface area contributed by atoms with Gasteiger partial charge in [-0.05, 0) is 49.4 Å². The zero-order valence-corrected chi connectivity index (χ0v) is 14.8. The van der Waals surface area contributed by atoms with E-state index in [1.807, 2.05) is 6.92 Å². The van der Waals surface area contributed by atoms with Gasteiger partial charge in [0.15, 0.2) is 12.4 Å². The van der Waals surface area contributed by atoms with Gasteiger partial charge in [0, 0.05) is 30.8 Å². The summed E-state index contributed by atoms with van der Waals surface area (Å²) in [5, 5.41) is 9.53. The zero-order valence-electron chi connectivity index (χ0n) is 14.8. The van der Waals surface area contributed by atoms with Crippen LogP contribution in [0.1, 0.15) is 17.3 Å². The number of benzene rings is 1. The van der Waals surface area contributed by atoms with Gasteiger partial charge in [-0.25, -0.2) is 9.67 Å². The second-order valence-corrected chi connectivity index (χ2v) is 5.58. The highest BCUT2D eigenvalue weighted by atomic mass is 16.5. The lowest BCUT2D eigenvalue weighted by molar-refractivity contribution is -0.122. The molecule has 0 saturated heterocycles. The highest BCUT2D eigenvalue weighted by molar-refractivity contribution is 6.04. The van der Waals surface area contributed by atoms with Crippen LogP contribution >= 0.6 is 0 Å². The van der Waals surface area contributed by atoms with Crippen molar-refractivity contribution in [3.63, 3.8) is 0 Å². The number of hydrogen-bond acceptors (Lipinski definition) is 5. The molecular formula is C19H19N5O3. The molecule has 3 rings (SSSR count). The number of likely N-dealkylation sites (N-methyl/N-ethyl adjacent to an activating group) is 1. The Balaban J connectivity index is 1.56. The molecule has 2 heterocycles. The molecule has 2 N–H and O–H groups in total. The predicted molar refractivity (Wildman–Crippen MR) is 99.9 cm³/mol. The largest absolute Gasteiger partial charge is 0.484 e. The molecule has 0 fully saturated rings. The number of amides is 2. The van der Waals surface area contributed by atoms with E-state index >= 15 is 0 Å². The number of aromatic nitrogens is 3. The Kier molecular flexibility index (Phi) is 5.78. The normalized spacial score (nSPS) is 10.3. The minimum Gasteiger partial charge on any atom is -0.484 e. The van der Waals surface area contributed by atoms with Crippen LogP contribution in [0.2, 0.25) is 0 Å². The summed E-state index contributed by atoms with van der Waals surface area (Å²) in [6.07, 6.45) is 4.93. The third-order valence-electron chi connectivity index (χ3n) is 3.61. The van der Waals surface area contributed by atoms with Crippen molar-refractivity contribution in [2.24, 2.45) is 0 Å². The van der Waals surface area contributed by atoms with Gasteiger partial charge in [-0.2, -0.15) is 5.10 Å². The SMILES string of the molecule is CCNC(=O)COc1ccc(NC(=O)c2ccc(-n3cccn3)nc2)cc1. The number of anilines is 1. The van der Waals surface area contributed by atoms with Crippen molar-refractivity contribution >= 4 is 17.5 Å². The molecule has 0 radical (unpaired) electrons. The number of pyridine rings is 1. The maximum atomic E-state index is 12.3. The molecule has 2 amide bonds. The summed E-state index contributed by atoms with van der Waals surface area (Å²) in [4.78, 5) is 27.9. The number of nitrogens with zero attached hydrogens (tertiary/aromatic N) is 3. The van der Waals surface area contributed by atoms with E-state index in [-0.39, 0.29) is 18.4 Å². The van der Waals surface area contributed by atoms with Crippen LogP contribution < -0.4 is 15.4 Å². The third-order valence-corrected chi connectivity index (χ3v) is 3.61. The Morgan fingerprint density at radius 1 is 1.15 bits per heavy atom. The lowest BCUT2D eigenvalue weighted by atomic mass is 10.2. The van der Waals surface area contributed by atoms with Crippen LogP contribution in [0, 0.1) is 0 Å². The van der Waals surface area contributed by atoms with Gasteiger partial charge in [0.05, 0.1) is 5.56 Å². The number of hydrogen-bond donors (Lipinski definition) is 2. The average Bonchev–Trinajstić information content (AvgIpc) is 3.23. The maximum Gasteiger partial charge on any atom is 0.257 e. The van der Waals surface area contributed by atoms with E-state index < -0.39 is 0 Å². The van der Waals surface area contributed by atoms with E-state index in [0.29, 0.717) is 29.4 Å². The first kappa shape index (κ1) is 18.1. The van der Waals surface area contributed by atoms with Gasteiger partial charge in [-0.1, -0.05) is 0 Å². The Hall–Kier alpha value is -3.68. The molecule has 0 saturated carbocycles. The second kappa shape index (κ2) is 8.61. The summed E-state index contributed by atoms with van der Waals surface area (Å²) in [6.45, 7) is 2.36. The monoisotopic (exact) mass is 365 g/mol. The van der Waals surface area contributed by atoms with Crippen LogP contribution in [0.5, 0.6) is 5.75 Å². The summed E-state index contributed by atoms with van der Waals surface area (Å²) in [6, 6.07) is 12.0. The molecule has 8 nitrogen and oxygen atoms in total. The van der Waals surface area contributed by atoms with Gasteiger partial charge >= 0.3 is 0 Å². The Morgan fingerprint density at radius 3 is 2.59 bits per heavy atom. The summed E-state index contributed by atoms with van der Waals surface area (Å²) in [7, 11) is 0. The van der Waals surface area contributed by atoms with E-state index in [0.717, 1.165) is 0 Å². The minimum atomic E-state index is -0.273. The summed E-state index contributed by atoms with van der Waals surface area (Å²) < 4.78 is 6.98. The predicted octanol–water partition coefficient (Wildman–Crippen LogP) is 2.03. The van der Waals surface area contributed by atoms with E-state index in [1.165, 1.54) is 6.20 Å². The molecule has 0 atom stereocenters.